The highest BCUT2D eigenvalue weighted by molar-refractivity contribution is 5.93. The van der Waals surface area contributed by atoms with Gasteiger partial charge in [-0.1, -0.05) is 6.42 Å². The molecule has 2 aromatic rings. The van der Waals surface area contributed by atoms with Gasteiger partial charge in [-0.25, -0.2) is 13.8 Å². The molecule has 1 saturated heterocycles. The Labute approximate surface area is 157 Å². The predicted octanol–water partition coefficient (Wildman–Crippen LogP) is 3.51. The minimum atomic E-state index is -0.581. The van der Waals surface area contributed by atoms with E-state index in [-0.39, 0.29) is 18.0 Å². The van der Waals surface area contributed by atoms with Gasteiger partial charge in [-0.05, 0) is 57.0 Å². The van der Waals surface area contributed by atoms with Crippen molar-refractivity contribution in [2.24, 2.45) is 0 Å². The van der Waals surface area contributed by atoms with Gasteiger partial charge in [0.25, 0.3) is 0 Å². The van der Waals surface area contributed by atoms with Crippen molar-refractivity contribution in [3.8, 4) is 0 Å². The lowest BCUT2D eigenvalue weighted by Crippen LogP contribution is -2.44. The summed E-state index contributed by atoms with van der Waals surface area (Å²) >= 11 is 0. The van der Waals surface area contributed by atoms with Crippen molar-refractivity contribution in [1.29, 1.82) is 0 Å². The normalized spacial score (nSPS) is 21.1. The van der Waals surface area contributed by atoms with Gasteiger partial charge in [-0.2, -0.15) is 0 Å². The molecule has 1 fully saturated rings. The summed E-state index contributed by atoms with van der Waals surface area (Å²) in [6.07, 6.45) is 6.70. The first kappa shape index (κ1) is 18.1. The minimum absolute atomic E-state index is 0.0676. The number of likely N-dealkylation sites (tertiary alicyclic amines) is 1. The van der Waals surface area contributed by atoms with Crippen molar-refractivity contribution < 1.29 is 13.6 Å². The van der Waals surface area contributed by atoms with Gasteiger partial charge in [0.15, 0.2) is 5.82 Å². The number of benzene rings is 1. The lowest BCUT2D eigenvalue weighted by Gasteiger charge is -2.31. The number of anilines is 1. The average Bonchev–Trinajstić information content (AvgIpc) is 3.21. The van der Waals surface area contributed by atoms with Crippen molar-refractivity contribution in [2.75, 3.05) is 18.4 Å². The Balaban J connectivity index is 1.48. The van der Waals surface area contributed by atoms with E-state index in [0.717, 1.165) is 44.2 Å². The van der Waals surface area contributed by atoms with E-state index in [1.807, 2.05) is 11.5 Å². The molecule has 27 heavy (non-hydrogen) atoms. The Morgan fingerprint density at radius 1 is 1.19 bits per heavy atom. The highest BCUT2D eigenvalue weighted by atomic mass is 19.1. The summed E-state index contributed by atoms with van der Waals surface area (Å²) in [5, 5.41) is 2.90. The summed E-state index contributed by atoms with van der Waals surface area (Å²) in [4.78, 5) is 19.3. The second-order valence-corrected chi connectivity index (χ2v) is 7.47. The lowest BCUT2D eigenvalue weighted by atomic mass is 10.0. The van der Waals surface area contributed by atoms with Crippen LogP contribution < -0.4 is 5.32 Å². The molecule has 4 rings (SSSR count). The molecule has 0 aliphatic carbocycles. The average molecular weight is 374 g/mol. The molecule has 3 heterocycles. The summed E-state index contributed by atoms with van der Waals surface area (Å²) in [6.45, 7) is 3.81. The zero-order chi connectivity index (χ0) is 19.0. The molecule has 1 N–H and O–H groups in total. The molecule has 2 aliphatic heterocycles. The summed E-state index contributed by atoms with van der Waals surface area (Å²) in [5.41, 5.74) is 0.586. The summed E-state index contributed by atoms with van der Waals surface area (Å²) in [6, 6.07) is 3.23. The number of amides is 1. The third-order valence-corrected chi connectivity index (χ3v) is 5.62. The Bertz CT molecular complexity index is 824. The van der Waals surface area contributed by atoms with Crippen LogP contribution in [0.4, 0.5) is 14.6 Å². The van der Waals surface area contributed by atoms with Crippen LogP contribution >= 0.6 is 0 Å². The number of aromatic nitrogens is 2. The number of fused-ring (bicyclic) bond motifs is 1. The van der Waals surface area contributed by atoms with E-state index in [1.54, 1.807) is 6.20 Å². The Morgan fingerprint density at radius 3 is 2.59 bits per heavy atom. The molecule has 1 amide bonds. The molecule has 1 aromatic carbocycles. The number of nitrogens with zero attached hydrogens (tertiary/aromatic N) is 3. The minimum Gasteiger partial charge on any atom is -0.325 e. The van der Waals surface area contributed by atoms with Crippen LogP contribution in [0.3, 0.4) is 0 Å². The van der Waals surface area contributed by atoms with Crippen LogP contribution in [0.1, 0.15) is 50.0 Å². The molecular weight excluding hydrogens is 350 g/mol. The molecule has 1 aromatic heterocycles. The van der Waals surface area contributed by atoms with Gasteiger partial charge in [0.2, 0.25) is 5.91 Å². The van der Waals surface area contributed by atoms with Gasteiger partial charge in [0, 0.05) is 18.7 Å². The Morgan fingerprint density at radius 2 is 1.89 bits per heavy atom. The molecule has 0 spiro atoms. The number of nitrogens with one attached hydrogen (secondary N) is 1. The third-order valence-electron chi connectivity index (χ3n) is 5.62. The van der Waals surface area contributed by atoms with E-state index in [9.17, 15) is 13.6 Å². The van der Waals surface area contributed by atoms with Crippen LogP contribution in [-0.4, -0.2) is 39.5 Å². The summed E-state index contributed by atoms with van der Waals surface area (Å²) in [7, 11) is 0. The first-order valence-corrected chi connectivity index (χ1v) is 9.60. The van der Waals surface area contributed by atoms with Gasteiger partial charge >= 0.3 is 0 Å². The summed E-state index contributed by atoms with van der Waals surface area (Å²) < 4.78 is 29.1. The van der Waals surface area contributed by atoms with Gasteiger partial charge in [0.05, 0.1) is 12.1 Å². The van der Waals surface area contributed by atoms with Crippen LogP contribution in [0.2, 0.25) is 0 Å². The van der Waals surface area contributed by atoms with Crippen LogP contribution in [0.25, 0.3) is 0 Å². The fraction of sp³-hybridized carbons (Fsp3) is 0.500. The van der Waals surface area contributed by atoms with Gasteiger partial charge in [-0.15, -0.1) is 0 Å². The van der Waals surface area contributed by atoms with Crippen LogP contribution in [0.15, 0.2) is 24.4 Å². The second-order valence-electron chi connectivity index (χ2n) is 7.47. The first-order valence-electron chi connectivity index (χ1n) is 9.60. The quantitative estimate of drug-likeness (QED) is 0.891. The predicted molar refractivity (Wildman–Crippen MR) is 98.6 cm³/mol. The summed E-state index contributed by atoms with van der Waals surface area (Å²) in [5.74, 6) is 0.0953. The van der Waals surface area contributed by atoms with E-state index in [2.05, 4.69) is 15.2 Å². The van der Waals surface area contributed by atoms with Crippen LogP contribution in [0.5, 0.6) is 0 Å². The highest BCUT2D eigenvalue weighted by Crippen LogP contribution is 2.33. The van der Waals surface area contributed by atoms with E-state index in [4.69, 9.17) is 0 Å². The van der Waals surface area contributed by atoms with Gasteiger partial charge in [0.1, 0.15) is 17.5 Å². The van der Waals surface area contributed by atoms with E-state index >= 15 is 0 Å². The maximum atomic E-state index is 13.6. The SMILES string of the molecule is C[C@H](C(=O)Nc1cn2c(n1)CC[C@H]2c1cc(F)cc(F)c1)N1CCCCC1. The third kappa shape index (κ3) is 3.74. The lowest BCUT2D eigenvalue weighted by molar-refractivity contribution is -0.121. The van der Waals surface area contributed by atoms with Gasteiger partial charge in [-0.3, -0.25) is 9.69 Å². The molecule has 2 atom stereocenters. The van der Waals surface area contributed by atoms with Crippen molar-refractivity contribution in [1.82, 2.24) is 14.5 Å². The number of carbonyl (C=O) groups excluding carboxylic acids is 1. The molecule has 144 valence electrons. The van der Waals surface area contributed by atoms with Crippen molar-refractivity contribution in [2.45, 2.75) is 51.1 Å². The molecule has 0 saturated carbocycles. The van der Waals surface area contributed by atoms with Crippen LogP contribution in [-0.2, 0) is 11.2 Å². The number of hydrogen-bond donors (Lipinski definition) is 1. The molecular formula is C20H24F2N4O. The van der Waals surface area contributed by atoms with E-state index < -0.39 is 11.6 Å². The molecule has 2 aliphatic rings. The zero-order valence-corrected chi connectivity index (χ0v) is 15.4. The standard InChI is InChI=1S/C20H24F2N4O/c1-13(25-7-3-2-4-8-25)20(27)24-18-12-26-17(5-6-19(26)23-18)14-9-15(21)11-16(22)10-14/h9-13,17H,2-8H2,1H3,(H,24,27)/t13-,17+/m1/s1. The number of aryl methyl sites for hydroxylation is 1. The monoisotopic (exact) mass is 374 g/mol. The maximum Gasteiger partial charge on any atom is 0.242 e. The molecule has 7 heteroatoms. The number of piperidine rings is 1. The van der Waals surface area contributed by atoms with Crippen molar-refractivity contribution in [3.63, 3.8) is 0 Å². The Kier molecular flexibility index (Phi) is 4.95. The molecule has 5 nitrogen and oxygen atoms in total. The van der Waals surface area contributed by atoms with Crippen molar-refractivity contribution in [3.05, 3.63) is 47.4 Å². The Hall–Kier alpha value is -2.28. The van der Waals surface area contributed by atoms with E-state index in [0.29, 0.717) is 17.8 Å². The van der Waals surface area contributed by atoms with Crippen LogP contribution in [0, 0.1) is 11.6 Å². The van der Waals surface area contributed by atoms with Crippen molar-refractivity contribution >= 4 is 11.7 Å². The number of hydrogen-bond acceptors (Lipinski definition) is 3. The number of carbonyl (C=O) groups is 1. The fourth-order valence-electron chi connectivity index (χ4n) is 4.15. The molecule has 0 bridgehead atoms. The maximum absolute atomic E-state index is 13.6. The fourth-order valence-corrected chi connectivity index (χ4v) is 4.15. The number of imidazole rings is 1. The largest absolute Gasteiger partial charge is 0.325 e. The smallest absolute Gasteiger partial charge is 0.242 e. The zero-order valence-electron chi connectivity index (χ0n) is 15.4. The molecule has 0 radical (unpaired) electrons. The number of halogens is 2. The topological polar surface area (TPSA) is 50.2 Å². The first-order chi connectivity index (χ1) is 13.0. The number of rotatable bonds is 4. The highest BCUT2D eigenvalue weighted by Gasteiger charge is 2.28. The molecule has 0 unspecified atom stereocenters. The van der Waals surface area contributed by atoms with Gasteiger partial charge < -0.3 is 9.88 Å². The second kappa shape index (κ2) is 7.38. The van der Waals surface area contributed by atoms with E-state index in [1.165, 1.54) is 18.6 Å².